The summed E-state index contributed by atoms with van der Waals surface area (Å²) < 4.78 is 4.76. The Kier molecular flexibility index (Phi) is 4.37. The third kappa shape index (κ3) is 2.73. The van der Waals surface area contributed by atoms with Crippen LogP contribution in [0.2, 0.25) is 13.1 Å². The third-order valence-corrected chi connectivity index (χ3v) is 10.1. The van der Waals surface area contributed by atoms with Crippen LogP contribution in [0.3, 0.4) is 0 Å². The lowest BCUT2D eigenvalue weighted by atomic mass is 9.90. The third-order valence-electron chi connectivity index (χ3n) is 6.47. The van der Waals surface area contributed by atoms with Gasteiger partial charge in [0.1, 0.15) is 7.05 Å². The molecule has 0 saturated carbocycles. The second-order valence-electron chi connectivity index (χ2n) is 8.65. The van der Waals surface area contributed by atoms with Crippen molar-refractivity contribution in [3.63, 3.8) is 0 Å². The van der Waals surface area contributed by atoms with E-state index in [1.165, 1.54) is 44.2 Å². The summed E-state index contributed by atoms with van der Waals surface area (Å²) in [6.45, 7) is 4.95. The van der Waals surface area contributed by atoms with E-state index in [1.807, 2.05) is 0 Å². The predicted octanol–water partition coefficient (Wildman–Crippen LogP) is 5.59. The number of aryl methyl sites for hydroxylation is 1. The van der Waals surface area contributed by atoms with Gasteiger partial charge in [0.2, 0.25) is 13.8 Å². The number of hydrogen-bond acceptors (Lipinski definition) is 0. The maximum atomic E-state index is 2.47. The van der Waals surface area contributed by atoms with Crippen LogP contribution in [0, 0.1) is 0 Å². The zero-order valence-corrected chi connectivity index (χ0v) is 19.1. The molecule has 1 aliphatic rings. The Morgan fingerprint density at radius 3 is 1.73 bits per heavy atom. The highest BCUT2D eigenvalue weighted by Gasteiger charge is 2.42. The topological polar surface area (TPSA) is 7.94 Å². The van der Waals surface area contributed by atoms with Crippen molar-refractivity contribution in [2.45, 2.75) is 13.1 Å². The van der Waals surface area contributed by atoms with Gasteiger partial charge in [-0.25, -0.2) is 4.58 Å². The summed E-state index contributed by atoms with van der Waals surface area (Å²) in [4.78, 5) is 0. The summed E-state index contributed by atoms with van der Waals surface area (Å²) in [5.41, 5.74) is 7.83. The van der Waals surface area contributed by atoms with E-state index in [1.54, 1.807) is 0 Å². The number of nitrogens with zero attached hydrogens (tertiary/aromatic N) is 2. The van der Waals surface area contributed by atoms with Gasteiger partial charge in [-0.05, 0) is 41.0 Å². The molecule has 3 aromatic carbocycles. The van der Waals surface area contributed by atoms with Gasteiger partial charge in [0.15, 0.2) is 5.33 Å². The molecular formula is C27H27N2Si+. The van der Waals surface area contributed by atoms with Crippen molar-refractivity contribution < 1.29 is 4.58 Å². The van der Waals surface area contributed by atoms with E-state index in [4.69, 9.17) is 0 Å². The van der Waals surface area contributed by atoms with Crippen molar-refractivity contribution in [3.8, 4) is 22.3 Å². The van der Waals surface area contributed by atoms with Crippen molar-refractivity contribution in [2.24, 2.45) is 7.05 Å². The number of hydrogen-bond donors (Lipinski definition) is 0. The standard InChI is InChI=1S/C27H27N2Si/c1-28-19-11-18-26(28)30(3,4)27-24-16-8-7-14-22(24)20-12-5-6-13-21(20)23-15-9-10-17-25(23)29(27)2/h5-19H,1-4H3/q+1. The minimum atomic E-state index is -2.02. The molecule has 0 bridgehead atoms. The summed E-state index contributed by atoms with van der Waals surface area (Å²) in [6.07, 6.45) is 2.17. The van der Waals surface area contributed by atoms with Gasteiger partial charge >= 0.3 is 0 Å². The van der Waals surface area contributed by atoms with Gasteiger partial charge < -0.3 is 4.57 Å². The van der Waals surface area contributed by atoms with Crippen LogP contribution in [0.5, 0.6) is 0 Å². The van der Waals surface area contributed by atoms with E-state index in [-0.39, 0.29) is 0 Å². The molecule has 5 rings (SSSR count). The van der Waals surface area contributed by atoms with Gasteiger partial charge in [0.25, 0.3) is 0 Å². The van der Waals surface area contributed by atoms with Crippen LogP contribution >= 0.6 is 0 Å². The Bertz CT molecular complexity index is 1290. The second-order valence-corrected chi connectivity index (χ2v) is 12.9. The maximum Gasteiger partial charge on any atom is 0.213 e. The Morgan fingerprint density at radius 2 is 1.13 bits per heavy atom. The van der Waals surface area contributed by atoms with E-state index in [0.717, 1.165) is 0 Å². The van der Waals surface area contributed by atoms with Crippen molar-refractivity contribution in [2.75, 3.05) is 7.05 Å². The fraction of sp³-hybridized carbons (Fsp3) is 0.148. The first-order valence-corrected chi connectivity index (χ1v) is 13.5. The van der Waals surface area contributed by atoms with Crippen LogP contribution in [-0.2, 0) is 7.05 Å². The van der Waals surface area contributed by atoms with E-state index >= 15 is 0 Å². The van der Waals surface area contributed by atoms with Crippen LogP contribution in [0.4, 0.5) is 5.69 Å². The molecule has 0 saturated heterocycles. The molecule has 0 spiro atoms. The second kappa shape index (κ2) is 6.96. The zero-order valence-electron chi connectivity index (χ0n) is 18.1. The lowest BCUT2D eigenvalue weighted by Gasteiger charge is -2.27. The largest absolute Gasteiger partial charge is 0.358 e. The fourth-order valence-corrected chi connectivity index (χ4v) is 8.72. The molecule has 0 amide bonds. The molecule has 0 atom stereocenters. The first-order chi connectivity index (χ1) is 14.5. The van der Waals surface area contributed by atoms with Crippen LogP contribution in [0.25, 0.3) is 22.3 Å². The highest BCUT2D eigenvalue weighted by atomic mass is 28.3. The SMILES string of the molecule is Cn1cccc1[Si](C)(C)C1=[N+](C)c2ccccc2-c2ccccc2-c2ccccc21. The monoisotopic (exact) mass is 407 g/mol. The van der Waals surface area contributed by atoms with Gasteiger partial charge in [-0.2, -0.15) is 0 Å². The van der Waals surface area contributed by atoms with Crippen LogP contribution in [0.1, 0.15) is 5.56 Å². The summed E-state index contributed by atoms with van der Waals surface area (Å²) >= 11 is 0. The molecule has 3 heteroatoms. The number of fused-ring (bicyclic) bond motifs is 5. The predicted molar refractivity (Wildman–Crippen MR) is 130 cm³/mol. The van der Waals surface area contributed by atoms with Crippen LogP contribution < -0.4 is 5.32 Å². The van der Waals surface area contributed by atoms with Gasteiger partial charge in [-0.1, -0.05) is 67.7 Å². The molecule has 30 heavy (non-hydrogen) atoms. The minimum Gasteiger partial charge on any atom is -0.358 e. The van der Waals surface area contributed by atoms with E-state index in [9.17, 15) is 0 Å². The smallest absolute Gasteiger partial charge is 0.213 e. The van der Waals surface area contributed by atoms with Crippen molar-refractivity contribution >= 4 is 24.4 Å². The molecule has 0 N–H and O–H groups in total. The van der Waals surface area contributed by atoms with Gasteiger partial charge in [0.05, 0.1) is 5.56 Å². The Hall–Kier alpha value is -3.17. The molecular weight excluding hydrogens is 380 g/mol. The average Bonchev–Trinajstić information content (AvgIpc) is 3.20. The van der Waals surface area contributed by atoms with Crippen molar-refractivity contribution in [3.05, 3.63) is 96.7 Å². The number of rotatable bonds is 2. The summed E-state index contributed by atoms with van der Waals surface area (Å²) in [7, 11) is 2.39. The molecule has 1 aromatic heterocycles. The van der Waals surface area contributed by atoms with Gasteiger partial charge in [0, 0.05) is 30.2 Å². The Balaban J connectivity index is 1.94. The molecule has 4 aromatic rings. The van der Waals surface area contributed by atoms with E-state index < -0.39 is 8.07 Å². The number of para-hydroxylation sites is 1. The number of benzene rings is 3. The number of aromatic nitrogens is 1. The average molecular weight is 408 g/mol. The normalized spacial score (nSPS) is 13.2. The van der Waals surface area contributed by atoms with Crippen LogP contribution in [0.15, 0.2) is 91.1 Å². The Labute approximate surface area is 179 Å². The molecule has 0 unspecified atom stereocenters. The lowest BCUT2D eigenvalue weighted by Crippen LogP contribution is -2.55. The van der Waals surface area contributed by atoms with E-state index in [2.05, 4.69) is 127 Å². The van der Waals surface area contributed by atoms with Gasteiger partial charge in [-0.15, -0.1) is 0 Å². The summed E-state index contributed by atoms with van der Waals surface area (Å²) in [5.74, 6) is 0. The zero-order chi connectivity index (χ0) is 20.9. The van der Waals surface area contributed by atoms with Crippen LogP contribution in [-0.4, -0.2) is 29.6 Å². The van der Waals surface area contributed by atoms with Crippen molar-refractivity contribution in [1.82, 2.24) is 4.57 Å². The summed E-state index contributed by atoms with van der Waals surface area (Å²) in [5, 5.41) is 2.88. The quantitative estimate of drug-likeness (QED) is 0.302. The highest BCUT2D eigenvalue weighted by molar-refractivity contribution is 7.14. The first-order valence-electron chi connectivity index (χ1n) is 10.5. The molecule has 0 fully saturated rings. The molecule has 0 radical (unpaired) electrons. The Morgan fingerprint density at radius 1 is 0.633 bits per heavy atom. The molecule has 2 nitrogen and oxygen atoms in total. The lowest BCUT2D eigenvalue weighted by molar-refractivity contribution is -0.401. The maximum absolute atomic E-state index is 2.47. The molecule has 0 aliphatic carbocycles. The molecule has 2 heterocycles. The molecule has 1 aliphatic heterocycles. The van der Waals surface area contributed by atoms with Gasteiger partial charge in [-0.3, -0.25) is 0 Å². The minimum absolute atomic E-state index is 1.27. The first kappa shape index (κ1) is 18.8. The van der Waals surface area contributed by atoms with Crippen molar-refractivity contribution in [1.29, 1.82) is 0 Å². The molecule has 148 valence electrons. The highest BCUT2D eigenvalue weighted by Crippen LogP contribution is 2.41. The van der Waals surface area contributed by atoms with E-state index in [0.29, 0.717) is 0 Å². The summed E-state index contributed by atoms with van der Waals surface area (Å²) in [6, 6.07) is 31.0. The fourth-order valence-electron chi connectivity index (χ4n) is 5.16.